The van der Waals surface area contributed by atoms with E-state index in [-0.39, 0.29) is 5.41 Å². The van der Waals surface area contributed by atoms with E-state index < -0.39 is 0 Å². The molecular weight excluding hydrogens is 264 g/mol. The fourth-order valence-electron chi connectivity index (χ4n) is 3.60. The Hall–Kier alpha value is -0.810. The molecule has 2 aliphatic rings. The van der Waals surface area contributed by atoms with Gasteiger partial charge in [-0.1, -0.05) is 25.4 Å². The van der Waals surface area contributed by atoms with E-state index in [1.54, 1.807) is 0 Å². The molecule has 2 aliphatic heterocycles. The Morgan fingerprint density at radius 3 is 2.62 bits per heavy atom. The fourth-order valence-corrected chi connectivity index (χ4v) is 3.60. The maximum absolute atomic E-state index is 8.81. The molecular formula is C16H32N4O. The van der Waals surface area contributed by atoms with Crippen LogP contribution in [0.3, 0.4) is 0 Å². The minimum atomic E-state index is -0.208. The second kappa shape index (κ2) is 7.45. The molecule has 5 nitrogen and oxygen atoms in total. The lowest BCUT2D eigenvalue weighted by atomic mass is 9.86. The minimum absolute atomic E-state index is 0.208. The molecule has 0 aromatic rings. The van der Waals surface area contributed by atoms with Crippen molar-refractivity contribution in [1.82, 2.24) is 9.80 Å². The first kappa shape index (κ1) is 16.6. The smallest absolute Gasteiger partial charge is 0.144 e. The highest BCUT2D eigenvalue weighted by Crippen LogP contribution is 2.24. The Labute approximate surface area is 129 Å². The first-order valence-electron chi connectivity index (χ1n) is 8.47. The topological polar surface area (TPSA) is 65.1 Å². The number of hydrogen-bond acceptors (Lipinski definition) is 4. The lowest BCUT2D eigenvalue weighted by Crippen LogP contribution is -2.41. The van der Waals surface area contributed by atoms with Crippen molar-refractivity contribution in [3.05, 3.63) is 0 Å². The first-order valence-corrected chi connectivity index (χ1v) is 8.47. The Morgan fingerprint density at radius 1 is 1.24 bits per heavy atom. The van der Waals surface area contributed by atoms with Gasteiger partial charge in [-0.2, -0.15) is 0 Å². The second-order valence-corrected chi connectivity index (χ2v) is 7.31. The molecule has 3 N–H and O–H groups in total. The molecule has 0 aliphatic carbocycles. The molecule has 0 bridgehead atoms. The van der Waals surface area contributed by atoms with Crippen molar-refractivity contribution in [2.45, 2.75) is 58.4 Å². The minimum Gasteiger partial charge on any atom is -0.409 e. The van der Waals surface area contributed by atoms with Crippen LogP contribution in [0.4, 0.5) is 0 Å². The Balaban J connectivity index is 1.68. The van der Waals surface area contributed by atoms with Gasteiger partial charge in [-0.15, -0.1) is 0 Å². The van der Waals surface area contributed by atoms with Crippen LogP contribution in [-0.4, -0.2) is 59.6 Å². The molecule has 0 aromatic heterocycles. The van der Waals surface area contributed by atoms with Crippen molar-refractivity contribution in [2.75, 3.05) is 32.7 Å². The molecule has 2 fully saturated rings. The van der Waals surface area contributed by atoms with Gasteiger partial charge in [-0.05, 0) is 58.3 Å². The summed E-state index contributed by atoms with van der Waals surface area (Å²) in [6.07, 6.45) is 7.57. The highest BCUT2D eigenvalue weighted by atomic mass is 16.4. The molecule has 2 rings (SSSR count). The molecule has 0 amide bonds. The third kappa shape index (κ3) is 4.58. The number of likely N-dealkylation sites (tertiary alicyclic amines) is 2. The van der Waals surface area contributed by atoms with E-state index in [0.717, 1.165) is 25.4 Å². The van der Waals surface area contributed by atoms with E-state index >= 15 is 0 Å². The zero-order valence-electron chi connectivity index (χ0n) is 13.7. The number of nitrogens with zero attached hydrogens (tertiary/aromatic N) is 3. The van der Waals surface area contributed by atoms with Crippen LogP contribution in [0.2, 0.25) is 0 Å². The number of hydrogen-bond donors (Lipinski definition) is 2. The molecule has 0 radical (unpaired) electrons. The molecule has 2 heterocycles. The summed E-state index contributed by atoms with van der Waals surface area (Å²) in [5, 5.41) is 12.0. The van der Waals surface area contributed by atoms with Crippen molar-refractivity contribution in [3.63, 3.8) is 0 Å². The lowest BCUT2D eigenvalue weighted by Gasteiger charge is -2.32. The molecule has 5 heteroatoms. The third-order valence-electron chi connectivity index (χ3n) is 5.23. The van der Waals surface area contributed by atoms with Crippen molar-refractivity contribution in [3.8, 4) is 0 Å². The molecule has 1 atom stereocenters. The predicted octanol–water partition coefficient (Wildman–Crippen LogP) is 2.10. The van der Waals surface area contributed by atoms with Gasteiger partial charge in [-0.25, -0.2) is 0 Å². The van der Waals surface area contributed by atoms with Crippen LogP contribution in [0.25, 0.3) is 0 Å². The maximum Gasteiger partial charge on any atom is 0.144 e. The number of amidine groups is 1. The molecule has 0 aromatic carbocycles. The summed E-state index contributed by atoms with van der Waals surface area (Å²) in [7, 11) is 0. The summed E-state index contributed by atoms with van der Waals surface area (Å²) >= 11 is 0. The zero-order valence-corrected chi connectivity index (χ0v) is 13.7. The van der Waals surface area contributed by atoms with E-state index in [1.807, 2.05) is 13.8 Å². The van der Waals surface area contributed by atoms with Crippen LogP contribution < -0.4 is 5.73 Å². The Morgan fingerprint density at radius 2 is 1.95 bits per heavy atom. The van der Waals surface area contributed by atoms with E-state index in [4.69, 9.17) is 10.9 Å². The molecule has 2 saturated heterocycles. The van der Waals surface area contributed by atoms with E-state index in [1.165, 1.54) is 51.9 Å². The zero-order chi connectivity index (χ0) is 15.3. The van der Waals surface area contributed by atoms with Crippen molar-refractivity contribution >= 4 is 5.84 Å². The van der Waals surface area contributed by atoms with Crippen LogP contribution >= 0.6 is 0 Å². The van der Waals surface area contributed by atoms with Crippen LogP contribution in [0.1, 0.15) is 52.4 Å². The molecule has 0 spiro atoms. The summed E-state index contributed by atoms with van der Waals surface area (Å²) < 4.78 is 0. The summed E-state index contributed by atoms with van der Waals surface area (Å²) in [6, 6.07) is 0.780. The van der Waals surface area contributed by atoms with Gasteiger partial charge < -0.3 is 15.8 Å². The lowest BCUT2D eigenvalue weighted by molar-refractivity contribution is 0.161. The maximum atomic E-state index is 8.81. The highest BCUT2D eigenvalue weighted by Gasteiger charge is 2.29. The van der Waals surface area contributed by atoms with Crippen molar-refractivity contribution < 1.29 is 5.21 Å². The van der Waals surface area contributed by atoms with Gasteiger partial charge in [-0.3, -0.25) is 4.90 Å². The largest absolute Gasteiger partial charge is 0.409 e. The van der Waals surface area contributed by atoms with Crippen LogP contribution in [0.5, 0.6) is 0 Å². The Bertz CT molecular complexity index is 350. The first-order chi connectivity index (χ1) is 10.0. The number of nitrogens with two attached hydrogens (primary N) is 1. The van der Waals surface area contributed by atoms with E-state index in [9.17, 15) is 0 Å². The standard InChI is InChI=1S/C16H32N4O/c1-16(2,15(17)18-21)8-6-9-19-12-7-14(13-19)20-10-4-3-5-11-20/h14,21H,3-13H2,1-2H3,(H2,17,18). The van der Waals surface area contributed by atoms with Crippen LogP contribution in [0.15, 0.2) is 5.16 Å². The normalized spacial score (nSPS) is 26.4. The molecule has 21 heavy (non-hydrogen) atoms. The van der Waals surface area contributed by atoms with Gasteiger partial charge in [0.2, 0.25) is 0 Å². The van der Waals surface area contributed by atoms with Gasteiger partial charge in [0.05, 0.1) is 0 Å². The number of oxime groups is 1. The molecule has 1 unspecified atom stereocenters. The van der Waals surface area contributed by atoms with Gasteiger partial charge in [0, 0.05) is 18.0 Å². The monoisotopic (exact) mass is 296 g/mol. The number of piperidine rings is 1. The summed E-state index contributed by atoms with van der Waals surface area (Å²) in [5.74, 6) is 0.343. The van der Waals surface area contributed by atoms with Gasteiger partial charge in [0.1, 0.15) is 5.84 Å². The SMILES string of the molecule is CC(C)(CCCN1CCC(N2CCCCC2)C1)C(N)=NO. The average molecular weight is 296 g/mol. The van der Waals surface area contributed by atoms with Crippen LogP contribution in [-0.2, 0) is 0 Å². The van der Waals surface area contributed by atoms with E-state index in [0.29, 0.717) is 5.84 Å². The number of rotatable bonds is 6. The summed E-state index contributed by atoms with van der Waals surface area (Å²) in [4.78, 5) is 5.28. The summed E-state index contributed by atoms with van der Waals surface area (Å²) in [6.45, 7) is 10.3. The summed E-state index contributed by atoms with van der Waals surface area (Å²) in [5.41, 5.74) is 5.54. The fraction of sp³-hybridized carbons (Fsp3) is 0.938. The Kier molecular flexibility index (Phi) is 5.88. The average Bonchev–Trinajstić information content (AvgIpc) is 2.96. The predicted molar refractivity (Wildman–Crippen MR) is 86.7 cm³/mol. The second-order valence-electron chi connectivity index (χ2n) is 7.31. The van der Waals surface area contributed by atoms with E-state index in [2.05, 4.69) is 15.0 Å². The van der Waals surface area contributed by atoms with Crippen molar-refractivity contribution in [2.24, 2.45) is 16.3 Å². The molecule has 122 valence electrons. The van der Waals surface area contributed by atoms with Gasteiger partial charge in [0.15, 0.2) is 0 Å². The third-order valence-corrected chi connectivity index (χ3v) is 5.23. The van der Waals surface area contributed by atoms with Gasteiger partial charge >= 0.3 is 0 Å². The van der Waals surface area contributed by atoms with Crippen LogP contribution in [0, 0.1) is 5.41 Å². The molecule has 0 saturated carbocycles. The highest BCUT2D eigenvalue weighted by molar-refractivity contribution is 5.85. The van der Waals surface area contributed by atoms with Gasteiger partial charge in [0.25, 0.3) is 0 Å². The quantitative estimate of drug-likeness (QED) is 0.341. The van der Waals surface area contributed by atoms with Crippen molar-refractivity contribution in [1.29, 1.82) is 0 Å².